The summed E-state index contributed by atoms with van der Waals surface area (Å²) in [5.41, 5.74) is 1.94. The van der Waals surface area contributed by atoms with Gasteiger partial charge in [0, 0.05) is 31.6 Å². The van der Waals surface area contributed by atoms with E-state index in [0.29, 0.717) is 37.6 Å². The minimum atomic E-state index is -0.833. The molecule has 8 nitrogen and oxygen atoms in total. The van der Waals surface area contributed by atoms with Crippen molar-refractivity contribution in [1.82, 2.24) is 20.4 Å². The highest BCUT2D eigenvalue weighted by Gasteiger charge is 2.27. The molecule has 0 aliphatic carbocycles. The summed E-state index contributed by atoms with van der Waals surface area (Å²) in [4.78, 5) is 29.2. The fraction of sp³-hybridized carbons (Fsp3) is 0.474. The van der Waals surface area contributed by atoms with Gasteiger partial charge in [0.2, 0.25) is 0 Å². The highest BCUT2D eigenvalue weighted by atomic mass is 16.5. The number of likely N-dealkylation sites (tertiary alicyclic amines) is 1. The van der Waals surface area contributed by atoms with E-state index in [2.05, 4.69) is 15.5 Å². The van der Waals surface area contributed by atoms with Gasteiger partial charge in [-0.3, -0.25) is 4.79 Å². The molecule has 3 rings (SSSR count). The molecule has 0 radical (unpaired) electrons. The van der Waals surface area contributed by atoms with Gasteiger partial charge in [0.1, 0.15) is 0 Å². The average Bonchev–Trinajstić information content (AvgIpc) is 3.18. The van der Waals surface area contributed by atoms with Crippen molar-refractivity contribution >= 4 is 12.0 Å². The number of nitrogens with one attached hydrogen (secondary N) is 1. The van der Waals surface area contributed by atoms with Gasteiger partial charge in [0.15, 0.2) is 5.82 Å². The fourth-order valence-corrected chi connectivity index (χ4v) is 3.12. The normalized spacial score (nSPS) is 16.9. The number of hydrogen-bond donors (Lipinski definition) is 2. The second-order valence-electron chi connectivity index (χ2n) is 6.67. The van der Waals surface area contributed by atoms with Gasteiger partial charge >= 0.3 is 12.0 Å². The van der Waals surface area contributed by atoms with Crippen LogP contribution in [0.2, 0.25) is 0 Å². The second kappa shape index (κ2) is 8.66. The molecule has 1 aliphatic heterocycles. The smallest absolute Gasteiger partial charge is 0.317 e. The molecular formula is C19H24N4O4. The van der Waals surface area contributed by atoms with Crippen molar-refractivity contribution in [3.05, 3.63) is 35.7 Å². The van der Waals surface area contributed by atoms with Gasteiger partial charge in [-0.25, -0.2) is 4.79 Å². The van der Waals surface area contributed by atoms with Crippen LogP contribution in [-0.4, -0.2) is 51.8 Å². The van der Waals surface area contributed by atoms with Crippen molar-refractivity contribution in [3.8, 4) is 11.5 Å². The molecular weight excluding hydrogens is 348 g/mol. The maximum absolute atomic E-state index is 12.2. The monoisotopic (exact) mass is 372 g/mol. The van der Waals surface area contributed by atoms with Crippen LogP contribution in [-0.2, 0) is 17.6 Å². The maximum atomic E-state index is 12.2. The Morgan fingerprint density at radius 2 is 2.11 bits per heavy atom. The average molecular weight is 372 g/mol. The van der Waals surface area contributed by atoms with Gasteiger partial charge in [-0.15, -0.1) is 0 Å². The van der Waals surface area contributed by atoms with E-state index in [9.17, 15) is 9.59 Å². The minimum absolute atomic E-state index is 0.199. The molecule has 1 atom stereocenters. The molecule has 1 unspecified atom stereocenters. The molecule has 27 heavy (non-hydrogen) atoms. The fourth-order valence-electron chi connectivity index (χ4n) is 3.12. The quantitative estimate of drug-likeness (QED) is 0.806. The third-order valence-corrected chi connectivity index (χ3v) is 4.73. The molecule has 8 heteroatoms. The standard InChI is InChI=1S/C19H24N4O4/c1-2-16-21-17(27-22-16)14-7-5-13(6-8-14)9-10-20-19(26)23-11-3-4-15(12-23)18(24)25/h5-8,15H,2-4,9-12H2,1H3,(H,20,26)(H,24,25). The first-order valence-corrected chi connectivity index (χ1v) is 9.24. The van der Waals surface area contributed by atoms with E-state index in [-0.39, 0.29) is 12.6 Å². The number of aromatic nitrogens is 2. The molecule has 2 amide bonds. The van der Waals surface area contributed by atoms with Crippen LogP contribution in [0.1, 0.15) is 31.2 Å². The van der Waals surface area contributed by atoms with Crippen molar-refractivity contribution in [2.24, 2.45) is 5.92 Å². The number of aryl methyl sites for hydroxylation is 1. The van der Waals surface area contributed by atoms with Crippen LogP contribution in [0.25, 0.3) is 11.5 Å². The van der Waals surface area contributed by atoms with Gasteiger partial charge in [-0.2, -0.15) is 4.98 Å². The van der Waals surface area contributed by atoms with Gasteiger partial charge < -0.3 is 19.8 Å². The Labute approximate surface area is 157 Å². The van der Waals surface area contributed by atoms with Crippen LogP contribution in [0.5, 0.6) is 0 Å². The third-order valence-electron chi connectivity index (χ3n) is 4.73. The highest BCUT2D eigenvalue weighted by molar-refractivity contribution is 5.76. The molecule has 0 spiro atoms. The van der Waals surface area contributed by atoms with E-state index in [1.165, 1.54) is 0 Å². The molecule has 144 valence electrons. The van der Waals surface area contributed by atoms with Crippen LogP contribution in [0, 0.1) is 5.92 Å². The number of nitrogens with zero attached hydrogens (tertiary/aromatic N) is 3. The minimum Gasteiger partial charge on any atom is -0.481 e. The number of amides is 2. The summed E-state index contributed by atoms with van der Waals surface area (Å²) in [6.45, 7) is 3.35. The maximum Gasteiger partial charge on any atom is 0.317 e. The Balaban J connectivity index is 1.47. The first-order chi connectivity index (χ1) is 13.1. The van der Waals surface area contributed by atoms with Crippen molar-refractivity contribution in [3.63, 3.8) is 0 Å². The Morgan fingerprint density at radius 3 is 2.78 bits per heavy atom. The number of piperidine rings is 1. The first kappa shape index (κ1) is 18.9. The predicted molar refractivity (Wildman–Crippen MR) is 98.1 cm³/mol. The molecule has 1 fully saturated rings. The molecule has 2 aromatic rings. The highest BCUT2D eigenvalue weighted by Crippen LogP contribution is 2.18. The van der Waals surface area contributed by atoms with Crippen molar-refractivity contribution in [2.45, 2.75) is 32.6 Å². The molecule has 0 bridgehead atoms. The number of aliphatic carboxylic acids is 1. The number of carboxylic acid groups (broad SMARTS) is 1. The molecule has 1 aromatic heterocycles. The summed E-state index contributed by atoms with van der Waals surface area (Å²) < 4.78 is 5.22. The van der Waals surface area contributed by atoms with E-state index in [1.54, 1.807) is 4.90 Å². The number of rotatable bonds is 6. The summed E-state index contributed by atoms with van der Waals surface area (Å²) in [5, 5.41) is 15.9. The zero-order valence-electron chi connectivity index (χ0n) is 15.4. The third kappa shape index (κ3) is 4.84. The lowest BCUT2D eigenvalue weighted by Crippen LogP contribution is -2.47. The van der Waals surface area contributed by atoms with E-state index < -0.39 is 11.9 Å². The van der Waals surface area contributed by atoms with Gasteiger partial charge in [-0.05, 0) is 37.0 Å². The van der Waals surface area contributed by atoms with Gasteiger partial charge in [0.05, 0.1) is 5.92 Å². The van der Waals surface area contributed by atoms with Gasteiger partial charge in [0.25, 0.3) is 5.89 Å². The Kier molecular flexibility index (Phi) is 6.05. The number of carboxylic acids is 1. The molecule has 2 heterocycles. The van der Waals surface area contributed by atoms with Crippen molar-refractivity contribution in [1.29, 1.82) is 0 Å². The SMILES string of the molecule is CCc1noc(-c2ccc(CCNC(=O)N3CCCC(C(=O)O)C3)cc2)n1. The number of carbonyl (C=O) groups excluding carboxylic acids is 1. The molecule has 1 saturated heterocycles. The first-order valence-electron chi connectivity index (χ1n) is 9.24. The van der Waals surface area contributed by atoms with E-state index in [0.717, 1.165) is 24.0 Å². The zero-order chi connectivity index (χ0) is 19.2. The van der Waals surface area contributed by atoms with Crippen molar-refractivity contribution < 1.29 is 19.2 Å². The Hall–Kier alpha value is -2.90. The van der Waals surface area contributed by atoms with Crippen LogP contribution in [0.15, 0.2) is 28.8 Å². The lowest BCUT2D eigenvalue weighted by molar-refractivity contribution is -0.143. The Bertz CT molecular complexity index is 787. The van der Waals surface area contributed by atoms with E-state index in [4.69, 9.17) is 9.63 Å². The largest absolute Gasteiger partial charge is 0.481 e. The molecule has 0 saturated carbocycles. The summed E-state index contributed by atoms with van der Waals surface area (Å²) >= 11 is 0. The lowest BCUT2D eigenvalue weighted by atomic mass is 9.99. The number of hydrogen-bond acceptors (Lipinski definition) is 5. The van der Waals surface area contributed by atoms with Crippen LogP contribution in [0.4, 0.5) is 4.79 Å². The van der Waals surface area contributed by atoms with E-state index in [1.807, 2.05) is 31.2 Å². The summed E-state index contributed by atoms with van der Waals surface area (Å²) in [6.07, 6.45) is 2.77. The summed E-state index contributed by atoms with van der Waals surface area (Å²) in [6, 6.07) is 7.59. The molecule has 1 aliphatic rings. The van der Waals surface area contributed by atoms with Gasteiger partial charge in [-0.1, -0.05) is 24.2 Å². The number of carbonyl (C=O) groups is 2. The van der Waals surface area contributed by atoms with Crippen molar-refractivity contribution in [2.75, 3.05) is 19.6 Å². The lowest BCUT2D eigenvalue weighted by Gasteiger charge is -2.30. The topological polar surface area (TPSA) is 109 Å². The molecule has 2 N–H and O–H groups in total. The summed E-state index contributed by atoms with van der Waals surface area (Å²) in [7, 11) is 0. The predicted octanol–water partition coefficient (Wildman–Crippen LogP) is 2.35. The van der Waals surface area contributed by atoms with Crippen LogP contribution in [0.3, 0.4) is 0 Å². The van der Waals surface area contributed by atoms with Crippen LogP contribution >= 0.6 is 0 Å². The number of benzene rings is 1. The molecule has 1 aromatic carbocycles. The second-order valence-corrected chi connectivity index (χ2v) is 6.67. The number of urea groups is 1. The van der Waals surface area contributed by atoms with E-state index >= 15 is 0 Å². The Morgan fingerprint density at radius 1 is 1.33 bits per heavy atom. The zero-order valence-corrected chi connectivity index (χ0v) is 15.4. The van der Waals surface area contributed by atoms with Crippen LogP contribution < -0.4 is 5.32 Å². The summed E-state index contributed by atoms with van der Waals surface area (Å²) in [5.74, 6) is -0.112.